The monoisotopic (exact) mass is 309 g/mol. The molecule has 4 heteroatoms. The summed E-state index contributed by atoms with van der Waals surface area (Å²) in [5.41, 5.74) is 1.66. The zero-order valence-electron chi connectivity index (χ0n) is 12.9. The predicted molar refractivity (Wildman–Crippen MR) is 90.7 cm³/mol. The van der Waals surface area contributed by atoms with E-state index in [0.717, 1.165) is 5.56 Å². The topological polar surface area (TPSA) is 55.4 Å². The van der Waals surface area contributed by atoms with Gasteiger partial charge in [-0.25, -0.2) is 0 Å². The van der Waals surface area contributed by atoms with E-state index in [1.165, 1.54) is 7.11 Å². The van der Waals surface area contributed by atoms with Gasteiger partial charge < -0.3 is 10.1 Å². The lowest BCUT2D eigenvalue weighted by atomic mass is 10.0. The Morgan fingerprint density at radius 3 is 2.26 bits per heavy atom. The number of carbonyl (C=O) groups is 2. The van der Waals surface area contributed by atoms with Crippen LogP contribution in [0.5, 0.6) is 0 Å². The van der Waals surface area contributed by atoms with Crippen LogP contribution in [0.15, 0.2) is 66.7 Å². The number of nitrogens with one attached hydrogen (secondary N) is 1. The smallest absolute Gasteiger partial charge is 0.306 e. The van der Waals surface area contributed by atoms with Gasteiger partial charge in [0, 0.05) is 5.69 Å². The quantitative estimate of drug-likeness (QED) is 0.831. The molecule has 2 rings (SSSR count). The summed E-state index contributed by atoms with van der Waals surface area (Å²) >= 11 is 0. The average Bonchev–Trinajstić information content (AvgIpc) is 2.60. The van der Waals surface area contributed by atoms with E-state index in [1.807, 2.05) is 54.6 Å². The van der Waals surface area contributed by atoms with Crippen molar-refractivity contribution in [1.82, 2.24) is 0 Å². The van der Waals surface area contributed by atoms with Crippen molar-refractivity contribution in [2.45, 2.75) is 6.42 Å². The molecule has 0 saturated heterocycles. The Hall–Kier alpha value is -2.88. The molecule has 0 fully saturated rings. The number of hydrogen-bond donors (Lipinski definition) is 1. The van der Waals surface area contributed by atoms with E-state index in [-0.39, 0.29) is 12.3 Å². The van der Waals surface area contributed by atoms with Crippen molar-refractivity contribution < 1.29 is 14.3 Å². The van der Waals surface area contributed by atoms with Crippen LogP contribution >= 0.6 is 0 Å². The highest BCUT2D eigenvalue weighted by Crippen LogP contribution is 2.14. The molecular weight excluding hydrogens is 290 g/mol. The van der Waals surface area contributed by atoms with E-state index in [4.69, 9.17) is 0 Å². The maximum atomic E-state index is 12.4. The molecular formula is C19H19NO3. The first-order valence-corrected chi connectivity index (χ1v) is 7.35. The van der Waals surface area contributed by atoms with Crippen LogP contribution in [0.4, 0.5) is 5.69 Å². The molecule has 0 aromatic heterocycles. The van der Waals surface area contributed by atoms with E-state index in [9.17, 15) is 9.59 Å². The normalized spacial score (nSPS) is 11.9. The van der Waals surface area contributed by atoms with Crippen LogP contribution in [0.3, 0.4) is 0 Å². The fourth-order valence-electron chi connectivity index (χ4n) is 2.06. The summed E-state index contributed by atoms with van der Waals surface area (Å²) in [4.78, 5) is 24.0. The van der Waals surface area contributed by atoms with Crippen molar-refractivity contribution >= 4 is 23.6 Å². The van der Waals surface area contributed by atoms with Crippen molar-refractivity contribution in [3.8, 4) is 0 Å². The number of amides is 1. The van der Waals surface area contributed by atoms with Crippen molar-refractivity contribution in [1.29, 1.82) is 0 Å². The molecule has 0 aliphatic rings. The lowest BCUT2D eigenvalue weighted by Crippen LogP contribution is -2.24. The Balaban J connectivity index is 2.11. The predicted octanol–water partition coefficient (Wildman–Crippen LogP) is 3.52. The number of anilines is 1. The van der Waals surface area contributed by atoms with Crippen LogP contribution in [-0.2, 0) is 14.3 Å². The second-order valence-corrected chi connectivity index (χ2v) is 5.01. The minimum Gasteiger partial charge on any atom is -0.469 e. The van der Waals surface area contributed by atoms with Gasteiger partial charge in [-0.1, -0.05) is 60.7 Å². The fourth-order valence-corrected chi connectivity index (χ4v) is 2.06. The molecule has 0 saturated carbocycles. The van der Waals surface area contributed by atoms with Gasteiger partial charge in [-0.3, -0.25) is 9.59 Å². The standard InChI is InChI=1S/C19H19NO3/c1-23-18(21)14-16(13-12-15-8-4-2-5-9-15)19(22)20-17-10-6-3-7-11-17/h2-13,16H,14H2,1H3,(H,20,22)/b13-12+/t16-/m1/s1. The Kier molecular flexibility index (Phi) is 6.12. The minimum atomic E-state index is -0.595. The van der Waals surface area contributed by atoms with E-state index in [1.54, 1.807) is 18.2 Å². The van der Waals surface area contributed by atoms with Gasteiger partial charge in [0.15, 0.2) is 0 Å². The molecule has 0 unspecified atom stereocenters. The second kappa shape index (κ2) is 8.54. The molecule has 0 spiro atoms. The molecule has 118 valence electrons. The van der Waals surface area contributed by atoms with E-state index < -0.39 is 11.9 Å². The largest absolute Gasteiger partial charge is 0.469 e. The average molecular weight is 309 g/mol. The molecule has 0 aliphatic carbocycles. The van der Waals surface area contributed by atoms with Crippen molar-refractivity contribution in [3.05, 3.63) is 72.3 Å². The Morgan fingerprint density at radius 2 is 1.65 bits per heavy atom. The minimum absolute atomic E-state index is 0.00149. The van der Waals surface area contributed by atoms with Gasteiger partial charge in [0.05, 0.1) is 19.4 Å². The molecule has 23 heavy (non-hydrogen) atoms. The number of esters is 1. The van der Waals surface area contributed by atoms with Crippen LogP contribution < -0.4 is 5.32 Å². The van der Waals surface area contributed by atoms with Gasteiger partial charge in [0.2, 0.25) is 5.91 Å². The van der Waals surface area contributed by atoms with E-state index >= 15 is 0 Å². The zero-order valence-corrected chi connectivity index (χ0v) is 12.9. The van der Waals surface area contributed by atoms with E-state index in [0.29, 0.717) is 5.69 Å². The molecule has 0 radical (unpaired) electrons. The number of hydrogen-bond acceptors (Lipinski definition) is 3. The van der Waals surface area contributed by atoms with Gasteiger partial charge >= 0.3 is 5.97 Å². The zero-order chi connectivity index (χ0) is 16.5. The summed E-state index contributed by atoms with van der Waals surface area (Å²) in [6.45, 7) is 0. The number of rotatable bonds is 6. The van der Waals surface area contributed by atoms with Crippen molar-refractivity contribution in [2.24, 2.45) is 5.92 Å². The Morgan fingerprint density at radius 1 is 1.04 bits per heavy atom. The summed E-state index contributed by atoms with van der Waals surface area (Å²) in [7, 11) is 1.31. The molecule has 1 N–H and O–H groups in total. The highest BCUT2D eigenvalue weighted by molar-refractivity contribution is 5.96. The summed E-state index contributed by atoms with van der Waals surface area (Å²) in [5, 5.41) is 2.81. The van der Waals surface area contributed by atoms with E-state index in [2.05, 4.69) is 10.1 Å². The van der Waals surface area contributed by atoms with Crippen LogP contribution in [0.25, 0.3) is 6.08 Å². The molecule has 2 aromatic carbocycles. The molecule has 1 atom stereocenters. The summed E-state index contributed by atoms with van der Waals surface area (Å²) < 4.78 is 4.68. The Bertz CT molecular complexity index is 666. The first-order chi connectivity index (χ1) is 11.2. The fraction of sp³-hybridized carbons (Fsp3) is 0.158. The van der Waals surface area contributed by atoms with Crippen LogP contribution in [0, 0.1) is 5.92 Å². The SMILES string of the molecule is COC(=O)C[C@@H](/C=C/c1ccccc1)C(=O)Nc1ccccc1. The second-order valence-electron chi connectivity index (χ2n) is 5.01. The lowest BCUT2D eigenvalue weighted by Gasteiger charge is -2.12. The van der Waals surface area contributed by atoms with Gasteiger partial charge in [-0.05, 0) is 17.7 Å². The van der Waals surface area contributed by atoms with Gasteiger partial charge in [0.1, 0.15) is 0 Å². The third-order valence-corrected chi connectivity index (χ3v) is 3.31. The van der Waals surface area contributed by atoms with Crippen LogP contribution in [0.1, 0.15) is 12.0 Å². The van der Waals surface area contributed by atoms with Crippen LogP contribution in [0.2, 0.25) is 0 Å². The highest BCUT2D eigenvalue weighted by atomic mass is 16.5. The van der Waals surface area contributed by atoms with Gasteiger partial charge in [-0.2, -0.15) is 0 Å². The number of para-hydroxylation sites is 1. The highest BCUT2D eigenvalue weighted by Gasteiger charge is 2.19. The summed E-state index contributed by atoms with van der Waals surface area (Å²) in [6, 6.07) is 18.8. The first-order valence-electron chi connectivity index (χ1n) is 7.35. The summed E-state index contributed by atoms with van der Waals surface area (Å²) in [6.07, 6.45) is 3.56. The Labute approximate surface area is 135 Å². The maximum Gasteiger partial charge on any atom is 0.306 e. The summed E-state index contributed by atoms with van der Waals surface area (Å²) in [5.74, 6) is -1.26. The molecule has 0 heterocycles. The van der Waals surface area contributed by atoms with Gasteiger partial charge in [0.25, 0.3) is 0 Å². The molecule has 0 aliphatic heterocycles. The van der Waals surface area contributed by atoms with Crippen molar-refractivity contribution in [2.75, 3.05) is 12.4 Å². The molecule has 0 bridgehead atoms. The molecule has 4 nitrogen and oxygen atoms in total. The number of benzene rings is 2. The first kappa shape index (κ1) is 16.5. The van der Waals surface area contributed by atoms with Crippen molar-refractivity contribution in [3.63, 3.8) is 0 Å². The molecule has 1 amide bonds. The lowest BCUT2D eigenvalue weighted by molar-refractivity contribution is -0.142. The number of methoxy groups -OCH3 is 1. The third-order valence-electron chi connectivity index (χ3n) is 3.31. The van der Waals surface area contributed by atoms with Gasteiger partial charge in [-0.15, -0.1) is 0 Å². The number of carbonyl (C=O) groups excluding carboxylic acids is 2. The third kappa shape index (κ3) is 5.43. The van der Waals surface area contributed by atoms with Crippen LogP contribution in [-0.4, -0.2) is 19.0 Å². The maximum absolute atomic E-state index is 12.4. The number of ether oxygens (including phenoxy) is 1. The molecule has 2 aromatic rings.